The summed E-state index contributed by atoms with van der Waals surface area (Å²) >= 11 is 3.37. The molecule has 1 fully saturated rings. The topological polar surface area (TPSA) is 87.7 Å². The van der Waals surface area contributed by atoms with Crippen LogP contribution in [0, 0.1) is 12.3 Å². The SMILES string of the molecule is Cc1ccc(Br)cc1NC(=O)C1(/C(N)=N/O)CCC1. The van der Waals surface area contributed by atoms with Gasteiger partial charge in [-0.05, 0) is 37.5 Å². The molecule has 1 aromatic rings. The van der Waals surface area contributed by atoms with Crippen LogP contribution >= 0.6 is 15.9 Å². The lowest BCUT2D eigenvalue weighted by molar-refractivity contribution is -0.125. The van der Waals surface area contributed by atoms with Crippen molar-refractivity contribution in [3.63, 3.8) is 0 Å². The van der Waals surface area contributed by atoms with Gasteiger partial charge in [0.1, 0.15) is 5.41 Å². The Hall–Kier alpha value is -1.56. The standard InChI is InChI=1S/C13H16BrN3O2/c1-8-3-4-9(14)7-10(8)16-12(18)13(5-2-6-13)11(15)17-19/h3-4,7,19H,2,5-6H2,1H3,(H2,15,17)(H,16,18). The first kappa shape index (κ1) is 13.9. The molecule has 19 heavy (non-hydrogen) atoms. The van der Waals surface area contributed by atoms with E-state index in [1.807, 2.05) is 25.1 Å². The summed E-state index contributed by atoms with van der Waals surface area (Å²) < 4.78 is 0.889. The molecule has 0 aliphatic heterocycles. The molecule has 1 saturated carbocycles. The first-order chi connectivity index (χ1) is 8.99. The van der Waals surface area contributed by atoms with Gasteiger partial charge in [0, 0.05) is 10.2 Å². The number of hydrogen-bond donors (Lipinski definition) is 3. The van der Waals surface area contributed by atoms with Gasteiger partial charge in [0.05, 0.1) is 0 Å². The van der Waals surface area contributed by atoms with Crippen molar-refractivity contribution in [3.05, 3.63) is 28.2 Å². The number of amidine groups is 1. The van der Waals surface area contributed by atoms with Crippen molar-refractivity contribution in [3.8, 4) is 0 Å². The number of oxime groups is 1. The van der Waals surface area contributed by atoms with E-state index in [2.05, 4.69) is 26.4 Å². The van der Waals surface area contributed by atoms with Gasteiger partial charge in [-0.15, -0.1) is 0 Å². The zero-order valence-electron chi connectivity index (χ0n) is 10.6. The summed E-state index contributed by atoms with van der Waals surface area (Å²) in [6.45, 7) is 1.92. The highest BCUT2D eigenvalue weighted by molar-refractivity contribution is 9.10. The summed E-state index contributed by atoms with van der Waals surface area (Å²) in [4.78, 5) is 12.4. The molecule has 2 rings (SSSR count). The van der Waals surface area contributed by atoms with Gasteiger partial charge in [-0.1, -0.05) is 33.6 Å². The molecule has 1 aliphatic rings. The highest BCUT2D eigenvalue weighted by Crippen LogP contribution is 2.42. The van der Waals surface area contributed by atoms with Gasteiger partial charge in [-0.3, -0.25) is 4.79 Å². The van der Waals surface area contributed by atoms with Crippen LogP contribution in [0.5, 0.6) is 0 Å². The van der Waals surface area contributed by atoms with Gasteiger partial charge in [-0.2, -0.15) is 0 Å². The van der Waals surface area contributed by atoms with Gasteiger partial charge >= 0.3 is 0 Å². The highest BCUT2D eigenvalue weighted by Gasteiger charge is 2.48. The van der Waals surface area contributed by atoms with Crippen molar-refractivity contribution in [2.75, 3.05) is 5.32 Å². The number of benzene rings is 1. The van der Waals surface area contributed by atoms with E-state index in [9.17, 15) is 4.79 Å². The van der Waals surface area contributed by atoms with E-state index in [0.717, 1.165) is 22.1 Å². The molecule has 6 heteroatoms. The highest BCUT2D eigenvalue weighted by atomic mass is 79.9. The number of nitrogens with two attached hydrogens (primary N) is 1. The third-order valence-electron chi connectivity index (χ3n) is 3.69. The van der Waals surface area contributed by atoms with Crippen molar-refractivity contribution >= 4 is 33.4 Å². The van der Waals surface area contributed by atoms with Gasteiger partial charge in [0.2, 0.25) is 5.91 Å². The average Bonchev–Trinajstić information content (AvgIpc) is 2.32. The first-order valence-corrected chi connectivity index (χ1v) is 6.84. The van der Waals surface area contributed by atoms with Crippen LogP contribution < -0.4 is 11.1 Å². The second-order valence-electron chi connectivity index (χ2n) is 4.83. The summed E-state index contributed by atoms with van der Waals surface area (Å²) in [5.74, 6) is -0.223. The number of halogens is 1. The van der Waals surface area contributed by atoms with E-state index in [4.69, 9.17) is 10.9 Å². The Morgan fingerprint density at radius 2 is 2.21 bits per heavy atom. The summed E-state index contributed by atoms with van der Waals surface area (Å²) in [5, 5.41) is 14.7. The lowest BCUT2D eigenvalue weighted by Crippen LogP contribution is -2.51. The van der Waals surface area contributed by atoms with E-state index in [1.54, 1.807) is 0 Å². The Morgan fingerprint density at radius 1 is 1.53 bits per heavy atom. The molecule has 0 radical (unpaired) electrons. The first-order valence-electron chi connectivity index (χ1n) is 6.05. The zero-order valence-corrected chi connectivity index (χ0v) is 12.2. The van der Waals surface area contributed by atoms with Crippen LogP contribution in [0.3, 0.4) is 0 Å². The molecule has 4 N–H and O–H groups in total. The van der Waals surface area contributed by atoms with Crippen LogP contribution in [0.15, 0.2) is 27.8 Å². The Bertz CT molecular complexity index is 539. The number of aryl methyl sites for hydroxylation is 1. The number of hydrogen-bond acceptors (Lipinski definition) is 3. The van der Waals surface area contributed by atoms with Crippen LogP contribution in [0.25, 0.3) is 0 Å². The van der Waals surface area contributed by atoms with Crippen LogP contribution in [-0.2, 0) is 4.79 Å². The Morgan fingerprint density at radius 3 is 2.74 bits per heavy atom. The normalized spacial score (nSPS) is 17.7. The molecule has 5 nitrogen and oxygen atoms in total. The molecular formula is C13H16BrN3O2. The number of nitrogens with zero attached hydrogens (tertiary/aromatic N) is 1. The molecule has 0 heterocycles. The van der Waals surface area contributed by atoms with Crippen LogP contribution in [0.4, 0.5) is 5.69 Å². The fourth-order valence-electron chi connectivity index (χ4n) is 2.20. The summed E-state index contributed by atoms with van der Waals surface area (Å²) in [7, 11) is 0. The largest absolute Gasteiger partial charge is 0.409 e. The lowest BCUT2D eigenvalue weighted by Gasteiger charge is -2.38. The molecule has 0 unspecified atom stereocenters. The second kappa shape index (κ2) is 5.21. The summed E-state index contributed by atoms with van der Waals surface area (Å²) in [6.07, 6.45) is 2.13. The minimum atomic E-state index is -0.858. The third-order valence-corrected chi connectivity index (χ3v) is 4.18. The molecule has 102 valence electrons. The van der Waals surface area contributed by atoms with E-state index in [1.165, 1.54) is 0 Å². The third kappa shape index (κ3) is 2.45. The van der Waals surface area contributed by atoms with Crippen LogP contribution in [0.2, 0.25) is 0 Å². The smallest absolute Gasteiger partial charge is 0.238 e. The monoisotopic (exact) mass is 325 g/mol. The lowest BCUT2D eigenvalue weighted by atomic mass is 9.67. The van der Waals surface area contributed by atoms with E-state index >= 15 is 0 Å². The molecule has 1 aliphatic carbocycles. The van der Waals surface area contributed by atoms with E-state index in [-0.39, 0.29) is 11.7 Å². The fourth-order valence-corrected chi connectivity index (χ4v) is 2.56. The molecule has 0 atom stereocenters. The molecule has 0 aromatic heterocycles. The minimum absolute atomic E-state index is 0.0103. The van der Waals surface area contributed by atoms with Crippen molar-refractivity contribution in [2.24, 2.45) is 16.3 Å². The number of carbonyl (C=O) groups excluding carboxylic acids is 1. The maximum absolute atomic E-state index is 12.4. The van der Waals surface area contributed by atoms with Gasteiger partial charge in [0.25, 0.3) is 0 Å². The molecule has 1 aromatic carbocycles. The molecular weight excluding hydrogens is 310 g/mol. The number of anilines is 1. The quantitative estimate of drug-likeness (QED) is 0.345. The van der Waals surface area contributed by atoms with Crippen molar-refractivity contribution in [1.82, 2.24) is 0 Å². The Balaban J connectivity index is 2.23. The molecule has 0 spiro atoms. The number of rotatable bonds is 3. The van der Waals surface area contributed by atoms with E-state index in [0.29, 0.717) is 12.8 Å². The average molecular weight is 326 g/mol. The molecule has 1 amide bonds. The van der Waals surface area contributed by atoms with Gasteiger partial charge in [0.15, 0.2) is 5.84 Å². The molecule has 0 bridgehead atoms. The van der Waals surface area contributed by atoms with Gasteiger partial charge < -0.3 is 16.3 Å². The maximum atomic E-state index is 12.4. The molecule has 0 saturated heterocycles. The van der Waals surface area contributed by atoms with Crippen molar-refractivity contribution < 1.29 is 10.0 Å². The number of nitrogens with one attached hydrogen (secondary N) is 1. The number of amides is 1. The predicted octanol–water partition coefficient (Wildman–Crippen LogP) is 2.61. The summed E-state index contributed by atoms with van der Waals surface area (Å²) in [5.41, 5.74) is 6.50. The maximum Gasteiger partial charge on any atom is 0.238 e. The Labute approximate surface area is 120 Å². The van der Waals surface area contributed by atoms with Crippen LogP contribution in [0.1, 0.15) is 24.8 Å². The number of carbonyl (C=O) groups is 1. The van der Waals surface area contributed by atoms with Crippen molar-refractivity contribution in [2.45, 2.75) is 26.2 Å². The predicted molar refractivity (Wildman–Crippen MR) is 77.2 cm³/mol. The van der Waals surface area contributed by atoms with Gasteiger partial charge in [-0.25, -0.2) is 0 Å². The van der Waals surface area contributed by atoms with Crippen LogP contribution in [-0.4, -0.2) is 17.0 Å². The minimum Gasteiger partial charge on any atom is -0.409 e. The van der Waals surface area contributed by atoms with E-state index < -0.39 is 5.41 Å². The van der Waals surface area contributed by atoms with Crippen molar-refractivity contribution in [1.29, 1.82) is 0 Å². The zero-order chi connectivity index (χ0) is 14.0. The second-order valence-corrected chi connectivity index (χ2v) is 5.75. The summed E-state index contributed by atoms with van der Waals surface area (Å²) in [6, 6.07) is 5.66. The fraction of sp³-hybridized carbons (Fsp3) is 0.385. The Kier molecular flexibility index (Phi) is 3.80.